The van der Waals surface area contributed by atoms with Gasteiger partial charge in [-0.2, -0.15) is 0 Å². The zero-order chi connectivity index (χ0) is 8.39. The van der Waals surface area contributed by atoms with E-state index in [2.05, 4.69) is 22.6 Å². The predicted octanol–water partition coefficient (Wildman–Crippen LogP) is -0.358. The van der Waals surface area contributed by atoms with Crippen LogP contribution in [0.5, 0.6) is 0 Å². The van der Waals surface area contributed by atoms with Crippen molar-refractivity contribution in [1.29, 1.82) is 0 Å². The predicted molar refractivity (Wildman–Crippen MR) is 50.3 cm³/mol. The highest BCUT2D eigenvalue weighted by Gasteiger charge is 2.23. The summed E-state index contributed by atoms with van der Waals surface area (Å²) in [5.74, 6) is 0. The van der Waals surface area contributed by atoms with Gasteiger partial charge in [0.05, 0.1) is 0 Å². The number of rotatable bonds is 3. The highest BCUT2D eigenvalue weighted by Crippen LogP contribution is 2.06. The Labute approximate surface area is 74.5 Å². The molecule has 1 atom stereocenters. The molecule has 1 unspecified atom stereocenters. The number of likely N-dealkylation sites (N-methyl/N-ethyl adjacent to an activating group) is 1. The average molecular weight is 169 g/mol. The normalized spacial score (nSPS) is 32.2. The van der Waals surface area contributed by atoms with E-state index in [1.165, 1.54) is 39.0 Å². The minimum Gasteiger partial charge on any atom is -0.313 e. The standard InChI is InChI=1S/C9H19N3/c1-12-6-9(7-12)11-5-8-3-2-4-10-8/h8-11H,2-7H2,1H3. The molecule has 3 heteroatoms. The van der Waals surface area contributed by atoms with Crippen molar-refractivity contribution in [3.05, 3.63) is 0 Å². The SMILES string of the molecule is CN1CC(NCC2CCCN2)C1. The molecule has 0 spiro atoms. The average Bonchev–Trinajstić information content (AvgIpc) is 2.47. The van der Waals surface area contributed by atoms with Crippen LogP contribution >= 0.6 is 0 Å². The van der Waals surface area contributed by atoms with Gasteiger partial charge in [-0.05, 0) is 26.4 Å². The molecular formula is C9H19N3. The second-order valence-corrected chi connectivity index (χ2v) is 4.12. The second-order valence-electron chi connectivity index (χ2n) is 4.12. The molecule has 2 saturated heterocycles. The highest BCUT2D eigenvalue weighted by atomic mass is 15.2. The fourth-order valence-electron chi connectivity index (χ4n) is 2.07. The summed E-state index contributed by atoms with van der Waals surface area (Å²) >= 11 is 0. The Bertz CT molecular complexity index is 137. The van der Waals surface area contributed by atoms with Crippen molar-refractivity contribution in [2.75, 3.05) is 33.2 Å². The number of nitrogens with zero attached hydrogens (tertiary/aromatic N) is 1. The Morgan fingerprint density at radius 2 is 2.33 bits per heavy atom. The van der Waals surface area contributed by atoms with E-state index < -0.39 is 0 Å². The fourth-order valence-corrected chi connectivity index (χ4v) is 2.07. The molecule has 0 aromatic heterocycles. The molecule has 2 aliphatic heterocycles. The lowest BCUT2D eigenvalue weighted by Crippen LogP contribution is -2.57. The van der Waals surface area contributed by atoms with Crippen molar-refractivity contribution in [2.45, 2.75) is 24.9 Å². The Morgan fingerprint density at radius 1 is 1.50 bits per heavy atom. The van der Waals surface area contributed by atoms with Crippen LogP contribution in [0.3, 0.4) is 0 Å². The van der Waals surface area contributed by atoms with E-state index in [0.29, 0.717) is 0 Å². The van der Waals surface area contributed by atoms with Crippen molar-refractivity contribution in [2.24, 2.45) is 0 Å². The Balaban J connectivity index is 1.56. The zero-order valence-corrected chi connectivity index (χ0v) is 7.84. The largest absolute Gasteiger partial charge is 0.313 e. The van der Waals surface area contributed by atoms with Gasteiger partial charge in [0.15, 0.2) is 0 Å². The second kappa shape index (κ2) is 3.73. The summed E-state index contributed by atoms with van der Waals surface area (Å²) in [5.41, 5.74) is 0. The van der Waals surface area contributed by atoms with Gasteiger partial charge in [0.1, 0.15) is 0 Å². The third-order valence-electron chi connectivity index (χ3n) is 2.88. The molecule has 0 amide bonds. The molecule has 2 heterocycles. The lowest BCUT2D eigenvalue weighted by Gasteiger charge is -2.37. The zero-order valence-electron chi connectivity index (χ0n) is 7.84. The topological polar surface area (TPSA) is 27.3 Å². The number of hydrogen-bond donors (Lipinski definition) is 2. The lowest BCUT2D eigenvalue weighted by molar-refractivity contribution is 0.160. The van der Waals surface area contributed by atoms with E-state index in [-0.39, 0.29) is 0 Å². The molecule has 0 bridgehead atoms. The Morgan fingerprint density at radius 3 is 2.92 bits per heavy atom. The van der Waals surface area contributed by atoms with Gasteiger partial charge < -0.3 is 15.5 Å². The molecule has 2 fully saturated rings. The van der Waals surface area contributed by atoms with Crippen molar-refractivity contribution < 1.29 is 0 Å². The van der Waals surface area contributed by atoms with Crippen LogP contribution in [0, 0.1) is 0 Å². The number of hydrogen-bond acceptors (Lipinski definition) is 3. The fraction of sp³-hybridized carbons (Fsp3) is 1.00. The molecule has 0 aromatic rings. The highest BCUT2D eigenvalue weighted by molar-refractivity contribution is 4.86. The molecule has 2 rings (SSSR count). The lowest BCUT2D eigenvalue weighted by atomic mass is 10.1. The Hall–Kier alpha value is -0.120. The minimum absolute atomic E-state index is 0.746. The van der Waals surface area contributed by atoms with Crippen LogP contribution in [0.4, 0.5) is 0 Å². The van der Waals surface area contributed by atoms with Gasteiger partial charge >= 0.3 is 0 Å². The van der Waals surface area contributed by atoms with E-state index >= 15 is 0 Å². The molecule has 3 nitrogen and oxygen atoms in total. The summed E-state index contributed by atoms with van der Waals surface area (Å²) in [4.78, 5) is 2.35. The summed E-state index contributed by atoms with van der Waals surface area (Å²) in [7, 11) is 2.17. The van der Waals surface area contributed by atoms with Gasteiger partial charge in [0.25, 0.3) is 0 Å². The van der Waals surface area contributed by atoms with Crippen LogP contribution in [0.2, 0.25) is 0 Å². The summed E-state index contributed by atoms with van der Waals surface area (Å²) in [5, 5.41) is 7.08. The van der Waals surface area contributed by atoms with Crippen LogP contribution < -0.4 is 10.6 Å². The van der Waals surface area contributed by atoms with Crippen molar-refractivity contribution in [3.63, 3.8) is 0 Å². The maximum absolute atomic E-state index is 3.59. The molecule has 70 valence electrons. The first-order valence-electron chi connectivity index (χ1n) is 5.00. The van der Waals surface area contributed by atoms with E-state index in [1.807, 2.05) is 0 Å². The van der Waals surface area contributed by atoms with Gasteiger partial charge in [0.2, 0.25) is 0 Å². The van der Waals surface area contributed by atoms with Gasteiger partial charge in [-0.25, -0.2) is 0 Å². The van der Waals surface area contributed by atoms with Crippen molar-refractivity contribution in [3.8, 4) is 0 Å². The van der Waals surface area contributed by atoms with E-state index in [0.717, 1.165) is 12.1 Å². The summed E-state index contributed by atoms with van der Waals surface area (Å²) in [6, 6.07) is 1.51. The molecule has 2 N–H and O–H groups in total. The first kappa shape index (κ1) is 8.48. The maximum atomic E-state index is 3.59. The summed E-state index contributed by atoms with van der Waals surface area (Å²) < 4.78 is 0. The van der Waals surface area contributed by atoms with Gasteiger partial charge in [-0.3, -0.25) is 0 Å². The maximum Gasteiger partial charge on any atom is 0.0323 e. The first-order valence-corrected chi connectivity index (χ1v) is 5.00. The monoisotopic (exact) mass is 169 g/mol. The third kappa shape index (κ3) is 1.97. The van der Waals surface area contributed by atoms with Gasteiger partial charge in [-0.1, -0.05) is 0 Å². The molecule has 0 radical (unpaired) electrons. The molecule has 0 aromatic carbocycles. The molecule has 0 saturated carbocycles. The van der Waals surface area contributed by atoms with Crippen LogP contribution in [0.15, 0.2) is 0 Å². The number of nitrogens with one attached hydrogen (secondary N) is 2. The van der Waals surface area contributed by atoms with Crippen molar-refractivity contribution in [1.82, 2.24) is 15.5 Å². The van der Waals surface area contributed by atoms with E-state index in [4.69, 9.17) is 0 Å². The van der Waals surface area contributed by atoms with Crippen molar-refractivity contribution >= 4 is 0 Å². The number of likely N-dealkylation sites (tertiary alicyclic amines) is 1. The van der Waals surface area contributed by atoms with E-state index in [9.17, 15) is 0 Å². The molecule has 2 aliphatic rings. The van der Waals surface area contributed by atoms with Crippen LogP contribution in [-0.4, -0.2) is 50.2 Å². The molecule has 0 aliphatic carbocycles. The summed E-state index contributed by atoms with van der Waals surface area (Å²) in [6.45, 7) is 4.84. The molecular weight excluding hydrogens is 150 g/mol. The summed E-state index contributed by atoms with van der Waals surface area (Å²) in [6.07, 6.45) is 2.71. The smallest absolute Gasteiger partial charge is 0.0323 e. The van der Waals surface area contributed by atoms with Crippen LogP contribution in [0.25, 0.3) is 0 Å². The first-order chi connectivity index (χ1) is 5.84. The quantitative estimate of drug-likeness (QED) is 0.604. The van der Waals surface area contributed by atoms with E-state index in [1.54, 1.807) is 0 Å². The van der Waals surface area contributed by atoms with Crippen LogP contribution in [0.1, 0.15) is 12.8 Å². The van der Waals surface area contributed by atoms with Crippen LogP contribution in [-0.2, 0) is 0 Å². The third-order valence-corrected chi connectivity index (χ3v) is 2.88. The Kier molecular flexibility index (Phi) is 2.63. The molecule has 12 heavy (non-hydrogen) atoms. The minimum atomic E-state index is 0.746. The van der Waals surface area contributed by atoms with Gasteiger partial charge in [-0.15, -0.1) is 0 Å². The van der Waals surface area contributed by atoms with Gasteiger partial charge in [0, 0.05) is 31.7 Å².